The monoisotopic (exact) mass is 224 g/mol. The second kappa shape index (κ2) is 4.09. The van der Waals surface area contributed by atoms with E-state index in [1.54, 1.807) is 18.0 Å². The fourth-order valence-corrected chi connectivity index (χ4v) is 2.97. The lowest BCUT2D eigenvalue weighted by Gasteiger charge is -2.30. The highest BCUT2D eigenvalue weighted by Crippen LogP contribution is 2.47. The zero-order chi connectivity index (χ0) is 11.8. The number of nitrogens with zero attached hydrogens (tertiary/aromatic N) is 2. The van der Waals surface area contributed by atoms with Gasteiger partial charge in [-0.25, -0.2) is 0 Å². The van der Waals surface area contributed by atoms with Gasteiger partial charge < -0.3 is 9.84 Å². The van der Waals surface area contributed by atoms with Crippen LogP contribution in [-0.2, 0) is 12.6 Å². The number of ether oxygens (including phenoxy) is 1. The number of rotatable bonds is 3. The minimum absolute atomic E-state index is 0.316. The normalized spacial score (nSPS) is 29.6. The molecule has 0 amide bonds. The van der Waals surface area contributed by atoms with Crippen LogP contribution < -0.4 is 4.74 Å². The molecule has 0 radical (unpaired) electrons. The lowest BCUT2D eigenvalue weighted by molar-refractivity contribution is -0.0132. The third kappa shape index (κ3) is 1.52. The smallest absolute Gasteiger partial charge is 0.162 e. The molecule has 0 bridgehead atoms. The maximum atomic E-state index is 10.9. The first-order valence-electron chi connectivity index (χ1n) is 5.92. The third-order valence-corrected chi connectivity index (χ3v) is 3.81. The summed E-state index contributed by atoms with van der Waals surface area (Å²) in [7, 11) is 3.49. The summed E-state index contributed by atoms with van der Waals surface area (Å²) in [6.07, 6.45) is 5.63. The van der Waals surface area contributed by atoms with Crippen molar-refractivity contribution in [3.63, 3.8) is 0 Å². The van der Waals surface area contributed by atoms with Gasteiger partial charge in [-0.2, -0.15) is 5.10 Å². The first kappa shape index (κ1) is 11.5. The molecular formula is C12H20N2O2. The number of aromatic nitrogens is 2. The standard InChI is InChI=1S/C12H20N2O2/c1-4-9-6-5-7-12(9,15)11-10(16-3)8-13-14(11)2/h8-9,15H,4-7H2,1-3H3. The van der Waals surface area contributed by atoms with Gasteiger partial charge in [-0.3, -0.25) is 4.68 Å². The van der Waals surface area contributed by atoms with E-state index in [1.165, 1.54) is 0 Å². The molecule has 1 aliphatic rings. The first-order valence-corrected chi connectivity index (χ1v) is 5.92. The van der Waals surface area contributed by atoms with Gasteiger partial charge in [0.25, 0.3) is 0 Å². The maximum absolute atomic E-state index is 10.9. The Morgan fingerprint density at radius 2 is 2.44 bits per heavy atom. The molecule has 90 valence electrons. The summed E-state index contributed by atoms with van der Waals surface area (Å²) in [5.41, 5.74) is 0.0741. The van der Waals surface area contributed by atoms with Crippen LogP contribution in [0, 0.1) is 5.92 Å². The molecule has 2 unspecified atom stereocenters. The van der Waals surface area contributed by atoms with E-state index >= 15 is 0 Å². The van der Waals surface area contributed by atoms with Crippen LogP contribution in [0.3, 0.4) is 0 Å². The molecule has 1 heterocycles. The number of methoxy groups -OCH3 is 1. The highest BCUT2D eigenvalue weighted by molar-refractivity contribution is 5.32. The van der Waals surface area contributed by atoms with Gasteiger partial charge in [0.1, 0.15) is 11.3 Å². The van der Waals surface area contributed by atoms with Crippen LogP contribution >= 0.6 is 0 Å². The molecule has 16 heavy (non-hydrogen) atoms. The van der Waals surface area contributed by atoms with Crippen molar-refractivity contribution < 1.29 is 9.84 Å². The highest BCUT2D eigenvalue weighted by atomic mass is 16.5. The number of aryl methyl sites for hydroxylation is 1. The summed E-state index contributed by atoms with van der Waals surface area (Å²) < 4.78 is 7.04. The summed E-state index contributed by atoms with van der Waals surface area (Å²) in [5.74, 6) is 1.02. The van der Waals surface area contributed by atoms with E-state index in [0.717, 1.165) is 31.4 Å². The van der Waals surface area contributed by atoms with Crippen molar-refractivity contribution in [3.05, 3.63) is 11.9 Å². The van der Waals surface area contributed by atoms with Crippen LogP contribution in [0.2, 0.25) is 0 Å². The quantitative estimate of drug-likeness (QED) is 0.852. The zero-order valence-corrected chi connectivity index (χ0v) is 10.2. The van der Waals surface area contributed by atoms with Gasteiger partial charge in [0.05, 0.1) is 13.3 Å². The Hall–Kier alpha value is -1.03. The van der Waals surface area contributed by atoms with Crippen LogP contribution in [0.5, 0.6) is 5.75 Å². The van der Waals surface area contributed by atoms with Gasteiger partial charge in [-0.05, 0) is 25.2 Å². The number of hydrogen-bond acceptors (Lipinski definition) is 3. The molecule has 4 heteroatoms. The minimum Gasteiger partial charge on any atom is -0.493 e. The number of hydrogen-bond donors (Lipinski definition) is 1. The third-order valence-electron chi connectivity index (χ3n) is 3.81. The molecule has 1 saturated carbocycles. The Bertz CT molecular complexity index is 375. The van der Waals surface area contributed by atoms with E-state index in [9.17, 15) is 5.11 Å². The van der Waals surface area contributed by atoms with Crippen LogP contribution in [0.15, 0.2) is 6.20 Å². The topological polar surface area (TPSA) is 47.3 Å². The lowest BCUT2D eigenvalue weighted by Crippen LogP contribution is -2.32. The van der Waals surface area contributed by atoms with E-state index in [-0.39, 0.29) is 0 Å². The van der Waals surface area contributed by atoms with E-state index in [1.807, 2.05) is 7.05 Å². The Balaban J connectivity index is 2.45. The van der Waals surface area contributed by atoms with Gasteiger partial charge in [-0.1, -0.05) is 13.3 Å². The molecule has 4 nitrogen and oxygen atoms in total. The largest absolute Gasteiger partial charge is 0.493 e. The first-order chi connectivity index (χ1) is 7.63. The molecule has 0 aliphatic heterocycles. The van der Waals surface area contributed by atoms with Crippen molar-refractivity contribution in [1.29, 1.82) is 0 Å². The molecular weight excluding hydrogens is 204 g/mol. The predicted octanol–water partition coefficient (Wildman–Crippen LogP) is 1.83. The summed E-state index contributed by atoms with van der Waals surface area (Å²) in [6, 6.07) is 0. The van der Waals surface area contributed by atoms with Crippen molar-refractivity contribution in [2.24, 2.45) is 13.0 Å². The average molecular weight is 224 g/mol. The molecule has 0 spiro atoms. The lowest BCUT2D eigenvalue weighted by atomic mass is 9.85. The maximum Gasteiger partial charge on any atom is 0.162 e. The predicted molar refractivity (Wildman–Crippen MR) is 61.3 cm³/mol. The van der Waals surface area contributed by atoms with E-state index < -0.39 is 5.60 Å². The summed E-state index contributed by atoms with van der Waals surface area (Å²) >= 11 is 0. The van der Waals surface area contributed by atoms with Crippen LogP contribution in [0.4, 0.5) is 0 Å². The van der Waals surface area contributed by atoms with Crippen LogP contribution in [0.1, 0.15) is 38.3 Å². The molecule has 1 fully saturated rings. The molecule has 1 aliphatic carbocycles. The van der Waals surface area contributed by atoms with Gasteiger partial charge >= 0.3 is 0 Å². The summed E-state index contributed by atoms with van der Waals surface area (Å²) in [4.78, 5) is 0. The fraction of sp³-hybridized carbons (Fsp3) is 0.750. The van der Waals surface area contributed by atoms with Gasteiger partial charge in [0.2, 0.25) is 0 Å². The van der Waals surface area contributed by atoms with E-state index in [4.69, 9.17) is 4.74 Å². The Morgan fingerprint density at radius 3 is 3.06 bits per heavy atom. The average Bonchev–Trinajstić information content (AvgIpc) is 2.82. The van der Waals surface area contributed by atoms with Crippen molar-refractivity contribution >= 4 is 0 Å². The van der Waals surface area contributed by atoms with Crippen LogP contribution in [-0.4, -0.2) is 22.0 Å². The molecule has 0 saturated heterocycles. The Labute approximate surface area is 96.2 Å². The summed E-state index contributed by atoms with van der Waals surface area (Å²) in [5, 5.41) is 15.0. The molecule has 1 aromatic rings. The van der Waals surface area contributed by atoms with Crippen molar-refractivity contribution in [2.45, 2.75) is 38.2 Å². The van der Waals surface area contributed by atoms with Crippen molar-refractivity contribution in [2.75, 3.05) is 7.11 Å². The minimum atomic E-state index is -0.759. The van der Waals surface area contributed by atoms with Crippen molar-refractivity contribution in [3.8, 4) is 5.75 Å². The second-order valence-corrected chi connectivity index (χ2v) is 4.61. The number of aliphatic hydroxyl groups is 1. The van der Waals surface area contributed by atoms with Gasteiger partial charge in [-0.15, -0.1) is 0 Å². The summed E-state index contributed by atoms with van der Waals surface area (Å²) in [6.45, 7) is 2.13. The van der Waals surface area contributed by atoms with Crippen LogP contribution in [0.25, 0.3) is 0 Å². The molecule has 1 aromatic heterocycles. The molecule has 0 aromatic carbocycles. The van der Waals surface area contributed by atoms with Gasteiger partial charge in [0, 0.05) is 7.05 Å². The zero-order valence-electron chi connectivity index (χ0n) is 10.2. The molecule has 2 atom stereocenters. The fourth-order valence-electron chi connectivity index (χ4n) is 2.97. The SMILES string of the molecule is CCC1CCCC1(O)c1c(OC)cnn1C. The Kier molecular flexibility index (Phi) is 2.93. The van der Waals surface area contributed by atoms with Gasteiger partial charge in [0.15, 0.2) is 5.75 Å². The van der Waals surface area contributed by atoms with E-state index in [2.05, 4.69) is 12.0 Å². The molecule has 2 rings (SSSR count). The second-order valence-electron chi connectivity index (χ2n) is 4.61. The molecule has 1 N–H and O–H groups in total. The highest BCUT2D eigenvalue weighted by Gasteiger charge is 2.45. The van der Waals surface area contributed by atoms with Crippen molar-refractivity contribution in [1.82, 2.24) is 9.78 Å². The van der Waals surface area contributed by atoms with E-state index in [0.29, 0.717) is 11.7 Å². The Morgan fingerprint density at radius 1 is 1.69 bits per heavy atom.